The van der Waals surface area contributed by atoms with Crippen molar-refractivity contribution in [1.82, 2.24) is 30.0 Å². The number of carboxylic acids is 2. The Labute approximate surface area is 316 Å². The lowest BCUT2D eigenvalue weighted by atomic mass is 9.89. The molecule has 0 bridgehead atoms. The molecule has 0 spiro atoms. The Kier molecular flexibility index (Phi) is 11.3. The number of aromatic carboxylic acids is 1. The number of aliphatic carboxylic acids is 1. The summed E-state index contributed by atoms with van der Waals surface area (Å²) in [6.45, 7) is 0.00861. The molecule has 284 valence electrons. The van der Waals surface area contributed by atoms with Crippen molar-refractivity contribution in [2.75, 3.05) is 36.4 Å². The van der Waals surface area contributed by atoms with Gasteiger partial charge in [-0.05, 0) is 82.9 Å². The number of piperazine rings is 1. The number of fused-ring (bicyclic) bond motifs is 1. The van der Waals surface area contributed by atoms with Crippen molar-refractivity contribution in [3.63, 3.8) is 0 Å². The van der Waals surface area contributed by atoms with Crippen LogP contribution in [0.4, 0.5) is 15.8 Å². The van der Waals surface area contributed by atoms with E-state index >= 15 is 4.39 Å². The summed E-state index contributed by atoms with van der Waals surface area (Å²) >= 11 is 6.06. The molecule has 6 rings (SSSR count). The molecule has 1 fully saturated rings. The highest BCUT2D eigenvalue weighted by molar-refractivity contribution is 6.31. The van der Waals surface area contributed by atoms with E-state index in [9.17, 15) is 33.9 Å². The molecule has 2 aliphatic heterocycles. The quantitative estimate of drug-likeness (QED) is 0.161. The lowest BCUT2D eigenvalue weighted by Gasteiger charge is -2.40. The Hall–Kier alpha value is -6.53. The Morgan fingerprint density at radius 1 is 1.02 bits per heavy atom. The van der Waals surface area contributed by atoms with Crippen LogP contribution in [0.5, 0.6) is 0 Å². The fraction of sp³-hybridized carbons (Fsp3) is 0.250. The fourth-order valence-corrected chi connectivity index (χ4v) is 6.63. The molecule has 0 aliphatic carbocycles. The molecule has 1 saturated heterocycles. The van der Waals surface area contributed by atoms with Gasteiger partial charge in [-0.15, -0.1) is 5.10 Å². The molecule has 5 N–H and O–H groups in total. The number of nitrogens with one attached hydrogen (secondary N) is 1. The smallest absolute Gasteiger partial charge is 0.335 e. The molecule has 3 heterocycles. The monoisotopic (exact) mass is 773 g/mol. The van der Waals surface area contributed by atoms with E-state index in [1.165, 1.54) is 68.2 Å². The number of halogens is 2. The Bertz CT molecular complexity index is 2200. The lowest BCUT2D eigenvalue weighted by molar-refractivity contribution is -0.140. The first-order valence-corrected chi connectivity index (χ1v) is 17.2. The molecule has 55 heavy (non-hydrogen) atoms. The van der Waals surface area contributed by atoms with Gasteiger partial charge >= 0.3 is 11.9 Å². The maximum atomic E-state index is 15.3. The first-order chi connectivity index (χ1) is 26.3. The number of tetrazole rings is 1. The standard InChI is InChI=1S/C36H33ClFN9O8/c37-25-9-11-28(47-19-40-42-43-47)24(32(25)38)8-12-30(49)46-15-14-22-23(33(46)34(51)41-21-6-4-20(5-7-21)35(52)53)2-1-3-27(22)45-17-16-44(18-31(45)50)29(48)13-10-26(39)36(54)55/h1-9,11-12,19,26,33H,10,13-18,39H2,(H,41,51)(H,52,53)(H,54,55)/b12-8+/t26-,33?/m0/s1. The topological polar surface area (TPSA) is 234 Å². The largest absolute Gasteiger partial charge is 0.480 e. The number of benzene rings is 3. The van der Waals surface area contributed by atoms with Gasteiger partial charge in [0.1, 0.15) is 25.0 Å². The van der Waals surface area contributed by atoms with E-state index in [0.717, 1.165) is 6.08 Å². The van der Waals surface area contributed by atoms with E-state index in [4.69, 9.17) is 22.4 Å². The molecule has 0 saturated carbocycles. The predicted octanol–water partition coefficient (Wildman–Crippen LogP) is 2.30. The summed E-state index contributed by atoms with van der Waals surface area (Å²) in [7, 11) is 0. The van der Waals surface area contributed by atoms with Crippen molar-refractivity contribution in [2.24, 2.45) is 5.73 Å². The minimum atomic E-state index is -1.26. The summed E-state index contributed by atoms with van der Waals surface area (Å²) < 4.78 is 16.5. The van der Waals surface area contributed by atoms with Gasteiger partial charge < -0.3 is 36.0 Å². The Morgan fingerprint density at radius 2 is 1.78 bits per heavy atom. The molecular formula is C36H33ClFN9O8. The first kappa shape index (κ1) is 38.2. The van der Waals surface area contributed by atoms with Crippen LogP contribution in [0.1, 0.15) is 45.9 Å². The van der Waals surface area contributed by atoms with Crippen LogP contribution in [-0.4, -0.2) is 108 Å². The van der Waals surface area contributed by atoms with Gasteiger partial charge in [-0.3, -0.25) is 24.0 Å². The molecule has 3 aromatic carbocycles. The van der Waals surface area contributed by atoms with E-state index < -0.39 is 53.5 Å². The number of amides is 4. The number of carbonyl (C=O) groups is 6. The maximum absolute atomic E-state index is 15.3. The van der Waals surface area contributed by atoms with Crippen molar-refractivity contribution in [3.8, 4) is 5.69 Å². The summed E-state index contributed by atoms with van der Waals surface area (Å²) in [6, 6.07) is 10.8. The zero-order valence-electron chi connectivity index (χ0n) is 28.8. The summed E-state index contributed by atoms with van der Waals surface area (Å²) in [4.78, 5) is 81.0. The highest BCUT2D eigenvalue weighted by Gasteiger charge is 2.38. The third kappa shape index (κ3) is 8.19. The Morgan fingerprint density at radius 3 is 2.45 bits per heavy atom. The van der Waals surface area contributed by atoms with Gasteiger partial charge in [0.05, 0.1) is 16.3 Å². The van der Waals surface area contributed by atoms with Gasteiger partial charge in [0, 0.05) is 49.1 Å². The number of carbonyl (C=O) groups excluding carboxylic acids is 4. The van der Waals surface area contributed by atoms with Gasteiger partial charge in [0.15, 0.2) is 5.82 Å². The van der Waals surface area contributed by atoms with Crippen molar-refractivity contribution in [2.45, 2.75) is 31.3 Å². The van der Waals surface area contributed by atoms with Gasteiger partial charge in [-0.25, -0.2) is 9.18 Å². The zero-order valence-corrected chi connectivity index (χ0v) is 29.6. The first-order valence-electron chi connectivity index (χ1n) is 16.9. The second-order valence-electron chi connectivity index (χ2n) is 12.6. The predicted molar refractivity (Wildman–Crippen MR) is 194 cm³/mol. The number of rotatable bonds is 11. The SMILES string of the molecule is N[C@@H](CCC(=O)N1CCN(c2cccc3c2CCN(C(=O)/C=C/c2c(-n4cnnn4)ccc(Cl)c2F)C3C(=O)Nc2ccc(C(=O)O)cc2)C(=O)C1)C(=O)O. The maximum Gasteiger partial charge on any atom is 0.335 e. The van der Waals surface area contributed by atoms with Crippen molar-refractivity contribution in [1.29, 1.82) is 0 Å². The molecular weight excluding hydrogens is 741 g/mol. The van der Waals surface area contributed by atoms with E-state index in [-0.39, 0.29) is 73.0 Å². The number of hydrogen-bond donors (Lipinski definition) is 4. The van der Waals surface area contributed by atoms with Crippen LogP contribution < -0.4 is 16.0 Å². The van der Waals surface area contributed by atoms with Gasteiger partial charge in [0.25, 0.3) is 5.91 Å². The van der Waals surface area contributed by atoms with Crippen LogP contribution >= 0.6 is 11.6 Å². The average molecular weight is 774 g/mol. The molecule has 2 aliphatic rings. The number of aromatic nitrogens is 4. The third-order valence-corrected chi connectivity index (χ3v) is 9.57. The number of nitrogens with two attached hydrogens (primary N) is 1. The Balaban J connectivity index is 1.30. The second kappa shape index (κ2) is 16.2. The molecule has 1 aromatic heterocycles. The van der Waals surface area contributed by atoms with E-state index in [1.54, 1.807) is 18.2 Å². The normalized spacial score (nSPS) is 16.2. The number of hydrogen-bond acceptors (Lipinski definition) is 10. The van der Waals surface area contributed by atoms with Crippen LogP contribution in [0.3, 0.4) is 0 Å². The molecule has 17 nitrogen and oxygen atoms in total. The minimum Gasteiger partial charge on any atom is -0.480 e. The molecule has 19 heteroatoms. The van der Waals surface area contributed by atoms with E-state index in [0.29, 0.717) is 16.8 Å². The van der Waals surface area contributed by atoms with Crippen LogP contribution in [0, 0.1) is 5.82 Å². The van der Waals surface area contributed by atoms with Crippen molar-refractivity contribution < 1.29 is 43.4 Å². The van der Waals surface area contributed by atoms with Crippen LogP contribution in [0.2, 0.25) is 5.02 Å². The third-order valence-electron chi connectivity index (χ3n) is 9.28. The highest BCUT2D eigenvalue weighted by Crippen LogP contribution is 2.37. The molecule has 1 unspecified atom stereocenters. The van der Waals surface area contributed by atoms with Crippen LogP contribution in [-0.2, 0) is 30.4 Å². The summed E-state index contributed by atoms with van der Waals surface area (Å²) in [5.74, 6) is -5.33. The van der Waals surface area contributed by atoms with Crippen molar-refractivity contribution >= 4 is 64.6 Å². The highest BCUT2D eigenvalue weighted by atomic mass is 35.5. The lowest BCUT2D eigenvalue weighted by Crippen LogP contribution is -2.53. The number of carboxylic acid groups (broad SMARTS) is 2. The molecule has 2 atom stereocenters. The number of nitrogens with zero attached hydrogens (tertiary/aromatic N) is 7. The van der Waals surface area contributed by atoms with E-state index in [2.05, 4.69) is 20.8 Å². The average Bonchev–Trinajstić information content (AvgIpc) is 3.71. The molecule has 0 radical (unpaired) electrons. The summed E-state index contributed by atoms with van der Waals surface area (Å²) in [5, 5.41) is 31.8. The van der Waals surface area contributed by atoms with Gasteiger partial charge in [0.2, 0.25) is 17.7 Å². The fourth-order valence-electron chi connectivity index (χ4n) is 6.47. The van der Waals surface area contributed by atoms with E-state index in [1.807, 2.05) is 0 Å². The summed E-state index contributed by atoms with van der Waals surface area (Å²) in [5.41, 5.74) is 7.40. The molecule has 4 amide bonds. The van der Waals surface area contributed by atoms with Crippen molar-refractivity contribution in [3.05, 3.63) is 100 Å². The van der Waals surface area contributed by atoms with Gasteiger partial charge in [-0.2, -0.15) is 4.68 Å². The zero-order chi connectivity index (χ0) is 39.4. The van der Waals surface area contributed by atoms with Crippen LogP contribution in [0.15, 0.2) is 67.0 Å². The molecule has 4 aromatic rings. The number of anilines is 2. The summed E-state index contributed by atoms with van der Waals surface area (Å²) in [6.07, 6.45) is 3.54. The second-order valence-corrected chi connectivity index (χ2v) is 13.0. The minimum absolute atomic E-state index is 0.00240. The van der Waals surface area contributed by atoms with Gasteiger partial charge in [-0.1, -0.05) is 23.7 Å². The van der Waals surface area contributed by atoms with Crippen LogP contribution in [0.25, 0.3) is 11.8 Å².